The molecule has 1 saturated heterocycles. The Morgan fingerprint density at radius 3 is 2.71 bits per heavy atom. The highest BCUT2D eigenvalue weighted by Crippen LogP contribution is 2.36. The summed E-state index contributed by atoms with van der Waals surface area (Å²) in [6.45, 7) is 5.24. The second-order valence-corrected chi connectivity index (χ2v) is 7.28. The molecule has 24 heavy (non-hydrogen) atoms. The van der Waals surface area contributed by atoms with Crippen molar-refractivity contribution >= 4 is 5.82 Å². The van der Waals surface area contributed by atoms with Crippen LogP contribution < -0.4 is 4.90 Å². The van der Waals surface area contributed by atoms with E-state index in [0.717, 1.165) is 63.1 Å². The molecule has 134 valence electrons. The highest BCUT2D eigenvalue weighted by molar-refractivity contribution is 5.39. The first-order valence-corrected chi connectivity index (χ1v) is 9.08. The van der Waals surface area contributed by atoms with Crippen molar-refractivity contribution < 1.29 is 9.84 Å². The Hall–Kier alpha value is -1.24. The second-order valence-electron chi connectivity index (χ2n) is 7.28. The number of hydrogen-bond donors (Lipinski definition) is 1. The quantitative estimate of drug-likeness (QED) is 0.816. The largest absolute Gasteiger partial charge is 0.393 e. The lowest BCUT2D eigenvalue weighted by Gasteiger charge is -2.34. The predicted molar refractivity (Wildman–Crippen MR) is 94.3 cm³/mol. The molecule has 0 amide bonds. The zero-order chi connectivity index (χ0) is 16.9. The van der Waals surface area contributed by atoms with Gasteiger partial charge in [0.1, 0.15) is 12.1 Å². The molecule has 0 bridgehead atoms. The van der Waals surface area contributed by atoms with Crippen LogP contribution in [0.4, 0.5) is 5.82 Å². The summed E-state index contributed by atoms with van der Waals surface area (Å²) in [6.07, 6.45) is 5.66. The molecule has 1 aliphatic carbocycles. The molecule has 1 N–H and O–H groups in total. The summed E-state index contributed by atoms with van der Waals surface area (Å²) in [5.41, 5.74) is 1.08. The smallest absolute Gasteiger partial charge is 0.131 e. The molecular formula is C18H30N4O2. The summed E-state index contributed by atoms with van der Waals surface area (Å²) >= 11 is 0. The van der Waals surface area contributed by atoms with E-state index in [4.69, 9.17) is 4.74 Å². The van der Waals surface area contributed by atoms with E-state index in [1.54, 1.807) is 13.4 Å². The number of aliphatic hydroxyl groups is 1. The van der Waals surface area contributed by atoms with Gasteiger partial charge in [-0.1, -0.05) is 0 Å². The van der Waals surface area contributed by atoms with Gasteiger partial charge in [0.05, 0.1) is 12.7 Å². The Balaban J connectivity index is 1.48. The fourth-order valence-corrected chi connectivity index (χ4v) is 3.72. The highest BCUT2D eigenvalue weighted by Gasteiger charge is 2.30. The maximum atomic E-state index is 9.48. The third kappa shape index (κ3) is 4.43. The van der Waals surface area contributed by atoms with Crippen molar-refractivity contribution in [2.75, 3.05) is 51.8 Å². The van der Waals surface area contributed by atoms with Gasteiger partial charge in [-0.2, -0.15) is 0 Å². The zero-order valence-electron chi connectivity index (χ0n) is 14.9. The number of piperidine rings is 1. The Bertz CT molecular complexity index is 513. The molecule has 0 aromatic carbocycles. The van der Waals surface area contributed by atoms with E-state index >= 15 is 0 Å². The average Bonchev–Trinajstić information content (AvgIpc) is 2.58. The Morgan fingerprint density at radius 1 is 1.29 bits per heavy atom. The Labute approximate surface area is 144 Å². The molecular weight excluding hydrogens is 304 g/mol. The van der Waals surface area contributed by atoms with Crippen LogP contribution in [-0.2, 0) is 4.74 Å². The first-order chi connectivity index (χ1) is 11.7. The molecule has 6 nitrogen and oxygen atoms in total. The zero-order valence-corrected chi connectivity index (χ0v) is 14.9. The molecule has 0 spiro atoms. The van der Waals surface area contributed by atoms with Crippen LogP contribution in [0.5, 0.6) is 0 Å². The number of aliphatic hydroxyl groups excluding tert-OH is 1. The fraction of sp³-hybridized carbons (Fsp3) is 0.778. The van der Waals surface area contributed by atoms with E-state index in [9.17, 15) is 5.11 Å². The Kier molecular flexibility index (Phi) is 6.03. The lowest BCUT2D eigenvalue weighted by atomic mass is 9.80. The summed E-state index contributed by atoms with van der Waals surface area (Å²) in [5.74, 6) is 2.13. The van der Waals surface area contributed by atoms with Crippen LogP contribution >= 0.6 is 0 Å². The van der Waals surface area contributed by atoms with E-state index in [-0.39, 0.29) is 6.10 Å². The lowest BCUT2D eigenvalue weighted by molar-refractivity contribution is 0.0732. The number of ether oxygens (including phenoxy) is 1. The Morgan fingerprint density at radius 2 is 2.04 bits per heavy atom. The summed E-state index contributed by atoms with van der Waals surface area (Å²) < 4.78 is 5.17. The number of aromatic nitrogens is 2. The van der Waals surface area contributed by atoms with Crippen LogP contribution in [0, 0.1) is 5.92 Å². The third-order valence-electron chi connectivity index (χ3n) is 5.45. The lowest BCUT2D eigenvalue weighted by Crippen LogP contribution is -2.39. The van der Waals surface area contributed by atoms with Gasteiger partial charge in [-0.05, 0) is 44.7 Å². The number of anilines is 1. The number of nitrogens with zero attached hydrogens (tertiary/aromatic N) is 4. The van der Waals surface area contributed by atoms with Crippen LogP contribution in [-0.4, -0.2) is 73.0 Å². The van der Waals surface area contributed by atoms with Crippen molar-refractivity contribution in [2.45, 2.75) is 37.7 Å². The molecule has 6 heteroatoms. The van der Waals surface area contributed by atoms with Crippen molar-refractivity contribution in [3.05, 3.63) is 18.1 Å². The van der Waals surface area contributed by atoms with E-state index < -0.39 is 0 Å². The molecule has 2 heterocycles. The summed E-state index contributed by atoms with van der Waals surface area (Å²) in [6, 6.07) is 2.10. The molecule has 1 aromatic heterocycles. The van der Waals surface area contributed by atoms with Gasteiger partial charge in [-0.25, -0.2) is 9.97 Å². The van der Waals surface area contributed by atoms with E-state index in [2.05, 4.69) is 32.9 Å². The van der Waals surface area contributed by atoms with Crippen LogP contribution in [0.1, 0.15) is 37.3 Å². The monoisotopic (exact) mass is 334 g/mol. The van der Waals surface area contributed by atoms with Crippen LogP contribution in [0.25, 0.3) is 0 Å². The van der Waals surface area contributed by atoms with Gasteiger partial charge in [0.25, 0.3) is 0 Å². The average molecular weight is 334 g/mol. The number of likely N-dealkylation sites (tertiary alicyclic amines) is 1. The second kappa shape index (κ2) is 8.23. The van der Waals surface area contributed by atoms with Crippen LogP contribution in [0.3, 0.4) is 0 Å². The molecule has 3 rings (SSSR count). The van der Waals surface area contributed by atoms with Gasteiger partial charge in [-0.3, -0.25) is 0 Å². The highest BCUT2D eigenvalue weighted by atomic mass is 16.5. The van der Waals surface area contributed by atoms with Crippen molar-refractivity contribution in [3.8, 4) is 0 Å². The SMILES string of the molecule is COCCN1CCC(CN(C)c2cc(C3CC(O)C3)ncn2)CC1. The predicted octanol–water partition coefficient (Wildman–Crippen LogP) is 1.51. The maximum absolute atomic E-state index is 9.48. The van der Waals surface area contributed by atoms with Gasteiger partial charge in [0.15, 0.2) is 0 Å². The molecule has 2 fully saturated rings. The summed E-state index contributed by atoms with van der Waals surface area (Å²) in [5, 5.41) is 9.48. The molecule has 1 aliphatic heterocycles. The molecule has 2 aliphatic rings. The van der Waals surface area contributed by atoms with Crippen molar-refractivity contribution in [1.82, 2.24) is 14.9 Å². The van der Waals surface area contributed by atoms with Gasteiger partial charge in [-0.15, -0.1) is 0 Å². The molecule has 1 aromatic rings. The first-order valence-electron chi connectivity index (χ1n) is 9.08. The van der Waals surface area contributed by atoms with Gasteiger partial charge in [0, 0.05) is 44.9 Å². The topological polar surface area (TPSA) is 61.7 Å². The normalized spacial score (nSPS) is 25.5. The fourth-order valence-electron chi connectivity index (χ4n) is 3.72. The van der Waals surface area contributed by atoms with Crippen LogP contribution in [0.2, 0.25) is 0 Å². The van der Waals surface area contributed by atoms with E-state index in [0.29, 0.717) is 5.92 Å². The molecule has 1 saturated carbocycles. The maximum Gasteiger partial charge on any atom is 0.131 e. The first kappa shape index (κ1) is 17.6. The molecule has 0 radical (unpaired) electrons. The summed E-state index contributed by atoms with van der Waals surface area (Å²) in [7, 11) is 3.89. The third-order valence-corrected chi connectivity index (χ3v) is 5.45. The number of rotatable bonds is 7. The van der Waals surface area contributed by atoms with Gasteiger partial charge in [0.2, 0.25) is 0 Å². The molecule has 0 unspecified atom stereocenters. The molecule has 0 atom stereocenters. The minimum Gasteiger partial charge on any atom is -0.393 e. The van der Waals surface area contributed by atoms with Gasteiger partial charge >= 0.3 is 0 Å². The minimum atomic E-state index is -0.144. The number of methoxy groups -OCH3 is 1. The van der Waals surface area contributed by atoms with Crippen molar-refractivity contribution in [1.29, 1.82) is 0 Å². The van der Waals surface area contributed by atoms with Crippen molar-refractivity contribution in [2.24, 2.45) is 5.92 Å². The van der Waals surface area contributed by atoms with Crippen molar-refractivity contribution in [3.63, 3.8) is 0 Å². The van der Waals surface area contributed by atoms with Gasteiger partial charge < -0.3 is 19.6 Å². The summed E-state index contributed by atoms with van der Waals surface area (Å²) in [4.78, 5) is 13.6. The standard InChI is InChI=1S/C18H30N4O2/c1-21(12-14-3-5-22(6-4-14)7-8-24-2)18-11-17(19-13-20-18)15-9-16(23)10-15/h11,13-16,23H,3-10,12H2,1-2H3. The van der Waals surface area contributed by atoms with E-state index in [1.807, 2.05) is 0 Å². The number of hydrogen-bond acceptors (Lipinski definition) is 6. The van der Waals surface area contributed by atoms with Crippen LogP contribution in [0.15, 0.2) is 12.4 Å². The minimum absolute atomic E-state index is 0.144. The van der Waals surface area contributed by atoms with E-state index in [1.165, 1.54) is 12.8 Å².